The summed E-state index contributed by atoms with van der Waals surface area (Å²) in [7, 11) is 3.51. The van der Waals surface area contributed by atoms with Crippen LogP contribution in [0.2, 0.25) is 0 Å². The Morgan fingerprint density at radius 3 is 2.42 bits per heavy atom. The molecule has 2 N–H and O–H groups in total. The van der Waals surface area contributed by atoms with Gasteiger partial charge in [0.2, 0.25) is 6.79 Å². The predicted molar refractivity (Wildman–Crippen MR) is 118 cm³/mol. The number of benzene rings is 2. The van der Waals surface area contributed by atoms with Gasteiger partial charge < -0.3 is 29.4 Å². The summed E-state index contributed by atoms with van der Waals surface area (Å²) in [6.45, 7) is 6.21. The molecule has 0 bridgehead atoms. The van der Waals surface area contributed by atoms with Gasteiger partial charge in [0, 0.05) is 36.2 Å². The zero-order chi connectivity index (χ0) is 22.0. The molecule has 5 rings (SSSR count). The highest BCUT2D eigenvalue weighted by Gasteiger charge is 2.44. The highest BCUT2D eigenvalue weighted by molar-refractivity contribution is 5.59. The highest BCUT2D eigenvalue weighted by Crippen LogP contribution is 2.50. The van der Waals surface area contributed by atoms with Crippen molar-refractivity contribution in [2.45, 2.75) is 44.9 Å². The third kappa shape index (κ3) is 3.77. The van der Waals surface area contributed by atoms with Crippen molar-refractivity contribution in [2.24, 2.45) is 0 Å². The van der Waals surface area contributed by atoms with E-state index in [0.29, 0.717) is 17.2 Å². The zero-order valence-corrected chi connectivity index (χ0v) is 18.7. The minimum Gasteiger partial charge on any atom is -0.504 e. The molecule has 31 heavy (non-hydrogen) atoms. The lowest BCUT2D eigenvalue weighted by Gasteiger charge is -2.43. The number of phenols is 1. The van der Waals surface area contributed by atoms with Crippen LogP contribution in [0.5, 0.6) is 28.7 Å². The molecule has 2 aromatic rings. The standard InChI is InChI=1S/C22H26N2O5.C2H6/c1-23-20-19(13-6-5-7-15(26-2)21(13)25)14-10-17-18(28-12-27-17)11-16(14)29-22(20)24-8-3-4-9-24;1-2/h5-7,10-11,19-20,22-23,25H,3-4,8-9,12H2,1-2H3;1-2H3. The van der Waals surface area contributed by atoms with E-state index in [9.17, 15) is 5.11 Å². The quantitative estimate of drug-likeness (QED) is 0.769. The molecule has 2 aromatic carbocycles. The Hall–Kier alpha value is -2.64. The smallest absolute Gasteiger partial charge is 0.231 e. The fraction of sp³-hybridized carbons (Fsp3) is 0.500. The van der Waals surface area contributed by atoms with Crippen molar-refractivity contribution in [3.63, 3.8) is 0 Å². The van der Waals surface area contributed by atoms with E-state index in [-0.39, 0.29) is 30.7 Å². The topological polar surface area (TPSA) is 72.4 Å². The molecule has 0 aliphatic carbocycles. The molecule has 3 aliphatic heterocycles. The van der Waals surface area contributed by atoms with Gasteiger partial charge in [0.05, 0.1) is 13.2 Å². The van der Waals surface area contributed by atoms with Gasteiger partial charge >= 0.3 is 0 Å². The molecular weight excluding hydrogens is 396 g/mol. The van der Waals surface area contributed by atoms with Gasteiger partial charge in [0.25, 0.3) is 0 Å². The molecule has 7 nitrogen and oxygen atoms in total. The van der Waals surface area contributed by atoms with E-state index in [2.05, 4.69) is 10.2 Å². The molecule has 168 valence electrons. The third-order valence-electron chi connectivity index (χ3n) is 6.17. The van der Waals surface area contributed by atoms with Gasteiger partial charge in [0.15, 0.2) is 29.2 Å². The van der Waals surface area contributed by atoms with Crippen LogP contribution in [0, 0.1) is 0 Å². The fourth-order valence-corrected chi connectivity index (χ4v) is 4.77. The minimum absolute atomic E-state index is 0.0565. The maximum absolute atomic E-state index is 11.0. The van der Waals surface area contributed by atoms with Gasteiger partial charge in [-0.05, 0) is 32.0 Å². The summed E-state index contributed by atoms with van der Waals surface area (Å²) < 4.78 is 23.1. The molecular formula is C24H32N2O5. The first-order chi connectivity index (χ1) is 15.2. The Balaban J connectivity index is 0.00000112. The number of aromatic hydroxyl groups is 1. The molecule has 0 saturated carbocycles. The average molecular weight is 429 g/mol. The lowest BCUT2D eigenvalue weighted by Crippen LogP contribution is -2.56. The average Bonchev–Trinajstić information content (AvgIpc) is 3.50. The van der Waals surface area contributed by atoms with E-state index in [1.54, 1.807) is 13.2 Å². The van der Waals surface area contributed by atoms with Crippen LogP contribution < -0.4 is 24.3 Å². The number of para-hydroxylation sites is 1. The molecule has 0 radical (unpaired) electrons. The molecule has 3 heterocycles. The van der Waals surface area contributed by atoms with E-state index >= 15 is 0 Å². The second-order valence-corrected chi connectivity index (χ2v) is 7.69. The Labute approximate surface area is 183 Å². The van der Waals surface area contributed by atoms with Gasteiger partial charge in [-0.3, -0.25) is 4.90 Å². The Morgan fingerprint density at radius 2 is 1.74 bits per heavy atom. The Bertz CT molecular complexity index is 913. The SMILES string of the molecule is CC.CNC1C(c2cccc(OC)c2O)c2cc3c(cc2OC1N1CCCC1)OCO3. The first kappa shape index (κ1) is 21.6. The van der Waals surface area contributed by atoms with Crippen LogP contribution >= 0.6 is 0 Å². The maximum Gasteiger partial charge on any atom is 0.231 e. The van der Waals surface area contributed by atoms with Crippen molar-refractivity contribution in [3.05, 3.63) is 41.5 Å². The van der Waals surface area contributed by atoms with E-state index in [4.69, 9.17) is 18.9 Å². The number of ether oxygens (including phenoxy) is 4. The summed E-state index contributed by atoms with van der Waals surface area (Å²) >= 11 is 0. The van der Waals surface area contributed by atoms with E-state index in [1.165, 1.54) is 12.8 Å². The van der Waals surface area contributed by atoms with Crippen molar-refractivity contribution in [1.29, 1.82) is 0 Å². The number of phenolic OH excluding ortho intramolecular Hbond substituents is 1. The number of rotatable bonds is 4. The Morgan fingerprint density at radius 1 is 1.03 bits per heavy atom. The van der Waals surface area contributed by atoms with Crippen LogP contribution in [-0.4, -0.2) is 56.3 Å². The first-order valence-corrected chi connectivity index (χ1v) is 11.1. The van der Waals surface area contributed by atoms with Crippen LogP contribution in [0.1, 0.15) is 43.7 Å². The minimum atomic E-state index is -0.147. The summed E-state index contributed by atoms with van der Waals surface area (Å²) in [6, 6.07) is 9.47. The van der Waals surface area contributed by atoms with Gasteiger partial charge in [-0.25, -0.2) is 0 Å². The lowest BCUT2D eigenvalue weighted by atomic mass is 9.81. The first-order valence-electron chi connectivity index (χ1n) is 11.1. The van der Waals surface area contributed by atoms with Crippen LogP contribution in [0.3, 0.4) is 0 Å². The normalized spacial score (nSPS) is 24.1. The molecule has 0 amide bonds. The van der Waals surface area contributed by atoms with E-state index in [1.807, 2.05) is 45.2 Å². The van der Waals surface area contributed by atoms with Gasteiger partial charge in [0.1, 0.15) is 5.75 Å². The third-order valence-corrected chi connectivity index (χ3v) is 6.17. The number of methoxy groups -OCH3 is 1. The molecule has 1 saturated heterocycles. The lowest BCUT2D eigenvalue weighted by molar-refractivity contribution is -0.00388. The number of likely N-dealkylation sites (tertiary alicyclic amines) is 1. The molecule has 3 aliphatic rings. The van der Waals surface area contributed by atoms with Gasteiger partial charge in [-0.15, -0.1) is 0 Å². The number of nitrogens with zero attached hydrogens (tertiary/aromatic N) is 1. The summed E-state index contributed by atoms with van der Waals surface area (Å²) in [5.41, 5.74) is 1.77. The van der Waals surface area contributed by atoms with E-state index < -0.39 is 0 Å². The van der Waals surface area contributed by atoms with Gasteiger partial charge in [-0.2, -0.15) is 0 Å². The van der Waals surface area contributed by atoms with E-state index in [0.717, 1.165) is 30.0 Å². The summed E-state index contributed by atoms with van der Waals surface area (Å²) in [4.78, 5) is 2.37. The monoisotopic (exact) mass is 428 g/mol. The molecule has 3 atom stereocenters. The number of hydrogen-bond donors (Lipinski definition) is 2. The molecule has 0 aromatic heterocycles. The maximum atomic E-state index is 11.0. The van der Waals surface area contributed by atoms with Crippen LogP contribution in [0.25, 0.3) is 0 Å². The number of fused-ring (bicyclic) bond motifs is 2. The van der Waals surface area contributed by atoms with Crippen molar-refractivity contribution in [2.75, 3.05) is 34.0 Å². The zero-order valence-electron chi connectivity index (χ0n) is 18.7. The van der Waals surface area contributed by atoms with Crippen LogP contribution in [0.4, 0.5) is 0 Å². The Kier molecular flexibility index (Phi) is 6.43. The summed E-state index contributed by atoms with van der Waals surface area (Å²) in [6.07, 6.45) is 2.18. The highest BCUT2D eigenvalue weighted by atomic mass is 16.7. The number of hydrogen-bond acceptors (Lipinski definition) is 7. The van der Waals surface area contributed by atoms with Crippen LogP contribution in [0.15, 0.2) is 30.3 Å². The summed E-state index contributed by atoms with van der Waals surface area (Å²) in [5, 5.41) is 14.4. The second kappa shape index (κ2) is 9.24. The molecule has 3 unspecified atom stereocenters. The predicted octanol–water partition coefficient (Wildman–Crippen LogP) is 3.69. The van der Waals surface area contributed by atoms with Crippen molar-refractivity contribution >= 4 is 0 Å². The fourth-order valence-electron chi connectivity index (χ4n) is 4.77. The number of likely N-dealkylation sites (N-methyl/N-ethyl adjacent to an activating group) is 1. The van der Waals surface area contributed by atoms with Crippen molar-refractivity contribution in [3.8, 4) is 28.7 Å². The number of nitrogens with one attached hydrogen (secondary N) is 1. The largest absolute Gasteiger partial charge is 0.504 e. The van der Waals surface area contributed by atoms with Crippen molar-refractivity contribution in [1.82, 2.24) is 10.2 Å². The molecule has 7 heteroatoms. The summed E-state index contributed by atoms with van der Waals surface area (Å²) in [5.74, 6) is 2.65. The van der Waals surface area contributed by atoms with Gasteiger partial charge in [-0.1, -0.05) is 26.0 Å². The molecule has 1 fully saturated rings. The molecule has 0 spiro atoms. The van der Waals surface area contributed by atoms with Crippen molar-refractivity contribution < 1.29 is 24.1 Å². The van der Waals surface area contributed by atoms with Crippen LogP contribution in [-0.2, 0) is 0 Å². The second-order valence-electron chi connectivity index (χ2n) is 7.69.